The van der Waals surface area contributed by atoms with E-state index < -0.39 is 10.9 Å². The van der Waals surface area contributed by atoms with Crippen molar-refractivity contribution in [3.63, 3.8) is 0 Å². The Labute approximate surface area is 96.0 Å². The number of carboxylic acid groups (broad SMARTS) is 1. The van der Waals surface area contributed by atoms with Gasteiger partial charge in [0.2, 0.25) is 0 Å². The first kappa shape index (κ1) is 11.1. The van der Waals surface area contributed by atoms with Gasteiger partial charge >= 0.3 is 5.97 Å². The average Bonchev–Trinajstić information content (AvgIpc) is 2.54. The number of nitro groups is 1. The number of benzene rings is 1. The van der Waals surface area contributed by atoms with Crippen LogP contribution in [0.4, 0.5) is 5.69 Å². The van der Waals surface area contributed by atoms with Gasteiger partial charge in [-0.25, -0.2) is 0 Å². The van der Waals surface area contributed by atoms with Crippen LogP contribution in [-0.2, 0) is 11.2 Å². The van der Waals surface area contributed by atoms with E-state index in [0.29, 0.717) is 22.2 Å². The molecule has 0 radical (unpaired) electrons. The highest BCUT2D eigenvalue weighted by atomic mass is 16.6. The van der Waals surface area contributed by atoms with E-state index in [2.05, 4.69) is 4.98 Å². The fraction of sp³-hybridized carbons (Fsp3) is 0.182. The molecule has 0 aliphatic rings. The Morgan fingerprint density at radius 3 is 2.82 bits per heavy atom. The van der Waals surface area contributed by atoms with Crippen molar-refractivity contribution in [1.29, 1.82) is 0 Å². The van der Waals surface area contributed by atoms with Gasteiger partial charge in [0.05, 0.1) is 11.3 Å². The largest absolute Gasteiger partial charge is 0.481 e. The number of aliphatic carboxylic acids is 1. The number of rotatable bonds is 3. The molecule has 1 aromatic heterocycles. The fourth-order valence-electron chi connectivity index (χ4n) is 1.92. The third-order valence-corrected chi connectivity index (χ3v) is 2.66. The molecule has 6 nitrogen and oxygen atoms in total. The van der Waals surface area contributed by atoms with Crippen molar-refractivity contribution in [2.75, 3.05) is 0 Å². The summed E-state index contributed by atoms with van der Waals surface area (Å²) in [6.45, 7) is 1.71. The highest BCUT2D eigenvalue weighted by Crippen LogP contribution is 2.29. The van der Waals surface area contributed by atoms with Crippen molar-refractivity contribution in [2.24, 2.45) is 0 Å². The normalized spacial score (nSPS) is 10.6. The average molecular weight is 234 g/mol. The molecular formula is C11H10N2O4. The molecule has 0 aliphatic carbocycles. The number of carbonyl (C=O) groups is 1. The molecule has 0 saturated heterocycles. The van der Waals surface area contributed by atoms with E-state index in [1.54, 1.807) is 19.1 Å². The number of para-hydroxylation sites is 1. The van der Waals surface area contributed by atoms with Crippen LogP contribution in [0.25, 0.3) is 10.9 Å². The molecule has 6 heteroatoms. The molecule has 17 heavy (non-hydrogen) atoms. The Kier molecular flexibility index (Phi) is 2.55. The lowest BCUT2D eigenvalue weighted by Crippen LogP contribution is -2.00. The molecule has 0 saturated carbocycles. The fourth-order valence-corrected chi connectivity index (χ4v) is 1.92. The quantitative estimate of drug-likeness (QED) is 0.627. The van der Waals surface area contributed by atoms with Gasteiger partial charge in [-0.2, -0.15) is 0 Å². The lowest BCUT2D eigenvalue weighted by atomic mass is 10.1. The van der Waals surface area contributed by atoms with E-state index in [4.69, 9.17) is 5.11 Å². The molecular weight excluding hydrogens is 224 g/mol. The van der Waals surface area contributed by atoms with Crippen LogP contribution in [0.2, 0.25) is 0 Å². The second kappa shape index (κ2) is 3.89. The zero-order chi connectivity index (χ0) is 12.6. The number of hydrogen-bond acceptors (Lipinski definition) is 3. The van der Waals surface area contributed by atoms with E-state index >= 15 is 0 Å². The van der Waals surface area contributed by atoms with E-state index in [0.717, 1.165) is 0 Å². The number of nitrogens with one attached hydrogen (secondary N) is 1. The van der Waals surface area contributed by atoms with Crippen LogP contribution in [0, 0.1) is 17.0 Å². The number of non-ortho nitro benzene ring substituents is 1. The van der Waals surface area contributed by atoms with Crippen LogP contribution in [-0.4, -0.2) is 21.0 Å². The highest BCUT2D eigenvalue weighted by Gasteiger charge is 2.18. The number of nitro benzene ring substituents is 1. The Hall–Kier alpha value is -2.37. The van der Waals surface area contributed by atoms with Gasteiger partial charge in [-0.1, -0.05) is 12.1 Å². The maximum atomic E-state index is 10.8. The third kappa shape index (κ3) is 1.84. The molecule has 0 atom stereocenters. The minimum Gasteiger partial charge on any atom is -0.481 e. The molecule has 0 bridgehead atoms. The van der Waals surface area contributed by atoms with Crippen molar-refractivity contribution in [3.05, 3.63) is 39.6 Å². The van der Waals surface area contributed by atoms with E-state index in [-0.39, 0.29) is 12.1 Å². The maximum absolute atomic E-state index is 10.8. The van der Waals surface area contributed by atoms with Crippen LogP contribution >= 0.6 is 0 Å². The minimum atomic E-state index is -0.958. The van der Waals surface area contributed by atoms with Gasteiger partial charge in [-0.15, -0.1) is 0 Å². The Bertz CT molecular complexity index is 615. The molecule has 1 aromatic carbocycles. The number of carboxylic acids is 1. The molecule has 0 fully saturated rings. The Morgan fingerprint density at radius 1 is 1.53 bits per heavy atom. The lowest BCUT2D eigenvalue weighted by Gasteiger charge is -1.96. The highest BCUT2D eigenvalue weighted by molar-refractivity contribution is 5.93. The summed E-state index contributed by atoms with van der Waals surface area (Å²) in [5.41, 5.74) is 1.58. The maximum Gasteiger partial charge on any atom is 0.307 e. The molecule has 2 rings (SSSR count). The van der Waals surface area contributed by atoms with E-state index in [1.165, 1.54) is 6.07 Å². The summed E-state index contributed by atoms with van der Waals surface area (Å²) in [6, 6.07) is 4.63. The molecule has 88 valence electrons. The van der Waals surface area contributed by atoms with Crippen molar-refractivity contribution in [2.45, 2.75) is 13.3 Å². The first-order valence-electron chi connectivity index (χ1n) is 4.97. The number of aryl methyl sites for hydroxylation is 1. The van der Waals surface area contributed by atoms with Gasteiger partial charge in [-0.3, -0.25) is 14.9 Å². The lowest BCUT2D eigenvalue weighted by molar-refractivity contribution is -0.383. The van der Waals surface area contributed by atoms with E-state index in [9.17, 15) is 14.9 Å². The summed E-state index contributed by atoms with van der Waals surface area (Å²) in [5, 5.41) is 20.2. The summed E-state index contributed by atoms with van der Waals surface area (Å²) >= 11 is 0. The molecule has 0 unspecified atom stereocenters. The molecule has 0 aliphatic heterocycles. The SMILES string of the molecule is Cc1[nH]c2c([N+](=O)[O-])cccc2c1CC(=O)O. The predicted octanol–water partition coefficient (Wildman–Crippen LogP) is 2.01. The number of fused-ring (bicyclic) bond motifs is 1. The Balaban J connectivity index is 2.71. The standard InChI is InChI=1S/C11H10N2O4/c1-6-8(5-10(14)15)7-3-2-4-9(13(16)17)11(7)12-6/h2-4,12H,5H2,1H3,(H,14,15). The Morgan fingerprint density at radius 2 is 2.24 bits per heavy atom. The van der Waals surface area contributed by atoms with Crippen molar-refractivity contribution in [3.8, 4) is 0 Å². The number of hydrogen-bond donors (Lipinski definition) is 2. The first-order valence-corrected chi connectivity index (χ1v) is 4.97. The summed E-state index contributed by atoms with van der Waals surface area (Å²) in [4.78, 5) is 24.0. The van der Waals surface area contributed by atoms with E-state index in [1.807, 2.05) is 0 Å². The van der Waals surface area contributed by atoms with Gasteiger partial charge in [0.15, 0.2) is 0 Å². The molecule has 2 N–H and O–H groups in total. The number of nitrogens with zero attached hydrogens (tertiary/aromatic N) is 1. The minimum absolute atomic E-state index is 0.0396. The number of aromatic nitrogens is 1. The summed E-state index contributed by atoms with van der Waals surface area (Å²) < 4.78 is 0. The molecule has 2 aromatic rings. The van der Waals surface area contributed by atoms with Gasteiger partial charge in [0.25, 0.3) is 5.69 Å². The molecule has 1 heterocycles. The predicted molar refractivity (Wildman–Crippen MR) is 61.0 cm³/mol. The zero-order valence-electron chi connectivity index (χ0n) is 9.06. The summed E-state index contributed by atoms with van der Waals surface area (Å²) in [5.74, 6) is -0.958. The van der Waals surface area contributed by atoms with Gasteiger partial charge in [0, 0.05) is 17.1 Å². The van der Waals surface area contributed by atoms with Crippen LogP contribution in [0.5, 0.6) is 0 Å². The monoisotopic (exact) mass is 234 g/mol. The van der Waals surface area contributed by atoms with Crippen molar-refractivity contribution < 1.29 is 14.8 Å². The number of aromatic amines is 1. The zero-order valence-corrected chi connectivity index (χ0v) is 9.06. The van der Waals surface area contributed by atoms with Gasteiger partial charge < -0.3 is 10.1 Å². The molecule has 0 amide bonds. The topological polar surface area (TPSA) is 96.2 Å². The van der Waals surface area contributed by atoms with Crippen LogP contribution in [0.3, 0.4) is 0 Å². The van der Waals surface area contributed by atoms with Crippen LogP contribution < -0.4 is 0 Å². The summed E-state index contributed by atoms with van der Waals surface area (Å²) in [6.07, 6.45) is -0.146. The smallest absolute Gasteiger partial charge is 0.307 e. The van der Waals surface area contributed by atoms with Crippen molar-refractivity contribution in [1.82, 2.24) is 4.98 Å². The second-order valence-electron chi connectivity index (χ2n) is 3.76. The van der Waals surface area contributed by atoms with Gasteiger partial charge in [0.1, 0.15) is 5.52 Å². The number of H-pyrrole nitrogens is 1. The van der Waals surface area contributed by atoms with Crippen LogP contribution in [0.1, 0.15) is 11.3 Å². The molecule has 0 spiro atoms. The van der Waals surface area contributed by atoms with Crippen molar-refractivity contribution >= 4 is 22.6 Å². The summed E-state index contributed by atoms with van der Waals surface area (Å²) in [7, 11) is 0. The van der Waals surface area contributed by atoms with Crippen LogP contribution in [0.15, 0.2) is 18.2 Å². The third-order valence-electron chi connectivity index (χ3n) is 2.66. The second-order valence-corrected chi connectivity index (χ2v) is 3.76. The first-order chi connectivity index (χ1) is 8.00. The van der Waals surface area contributed by atoms with Gasteiger partial charge in [-0.05, 0) is 12.5 Å².